The van der Waals surface area contributed by atoms with Crippen LogP contribution in [0.2, 0.25) is 0 Å². The number of phenols is 1. The lowest BCUT2D eigenvalue weighted by molar-refractivity contribution is -0.142. The van der Waals surface area contributed by atoms with Crippen molar-refractivity contribution >= 4 is 11.8 Å². The van der Waals surface area contributed by atoms with E-state index in [1.54, 1.807) is 60.7 Å². The van der Waals surface area contributed by atoms with Crippen molar-refractivity contribution in [1.82, 2.24) is 0 Å². The van der Waals surface area contributed by atoms with E-state index in [2.05, 4.69) is 0 Å². The van der Waals surface area contributed by atoms with Gasteiger partial charge >= 0.3 is 5.97 Å². The van der Waals surface area contributed by atoms with Crippen LogP contribution in [0.1, 0.15) is 29.3 Å². The molecule has 0 spiro atoms. The number of carbonyl (C=O) groups is 2. The highest BCUT2D eigenvalue weighted by Crippen LogP contribution is 2.35. The number of aromatic hydroxyl groups is 1. The van der Waals surface area contributed by atoms with Crippen LogP contribution in [0.3, 0.4) is 0 Å². The summed E-state index contributed by atoms with van der Waals surface area (Å²) in [6, 6.07) is 20.9. The molecule has 0 radical (unpaired) electrons. The molecule has 0 aromatic heterocycles. The number of benzene rings is 3. The van der Waals surface area contributed by atoms with Crippen molar-refractivity contribution in [2.24, 2.45) is 0 Å². The standard InChI is InChI=1S/C26H24O6/c1-2-23(27)26(30)32-16-8-15-31-19-13-14-24(28)22(17-19)20-11-6-7-12-21(20)25(29)18-9-4-3-5-10-18/h2-7,9-14,17,27-28H,8,15-16H2,1H3. The highest BCUT2D eigenvalue weighted by Gasteiger charge is 2.17. The molecule has 0 aliphatic rings. The Morgan fingerprint density at radius 1 is 0.906 bits per heavy atom. The molecule has 3 aromatic rings. The molecule has 0 atom stereocenters. The third-order valence-corrected chi connectivity index (χ3v) is 4.74. The molecule has 3 aromatic carbocycles. The number of aliphatic hydroxyl groups excluding tert-OH is 1. The summed E-state index contributed by atoms with van der Waals surface area (Å²) in [6.07, 6.45) is 1.68. The van der Waals surface area contributed by atoms with Gasteiger partial charge in [0.05, 0.1) is 13.2 Å². The van der Waals surface area contributed by atoms with Gasteiger partial charge in [0, 0.05) is 23.1 Å². The summed E-state index contributed by atoms with van der Waals surface area (Å²) in [4.78, 5) is 24.4. The van der Waals surface area contributed by atoms with Crippen LogP contribution in [-0.4, -0.2) is 35.2 Å². The molecule has 0 aliphatic heterocycles. The third kappa shape index (κ3) is 5.55. The van der Waals surface area contributed by atoms with E-state index in [0.717, 1.165) is 0 Å². The number of aliphatic hydroxyl groups is 1. The molecule has 3 rings (SSSR count). The lowest BCUT2D eigenvalue weighted by Crippen LogP contribution is -2.10. The lowest BCUT2D eigenvalue weighted by atomic mass is 9.93. The molecule has 0 fully saturated rings. The molecule has 0 aliphatic carbocycles. The van der Waals surface area contributed by atoms with Crippen molar-refractivity contribution in [3.8, 4) is 22.6 Å². The fraction of sp³-hybridized carbons (Fsp3) is 0.154. The number of phenolic OH excluding ortho intramolecular Hbond substituents is 1. The third-order valence-electron chi connectivity index (χ3n) is 4.74. The van der Waals surface area contributed by atoms with Gasteiger partial charge in [0.2, 0.25) is 0 Å². The summed E-state index contributed by atoms with van der Waals surface area (Å²) in [5, 5.41) is 19.7. The number of hydrogen-bond donors (Lipinski definition) is 2. The van der Waals surface area contributed by atoms with Gasteiger partial charge in [-0.2, -0.15) is 0 Å². The van der Waals surface area contributed by atoms with Crippen molar-refractivity contribution in [1.29, 1.82) is 0 Å². The van der Waals surface area contributed by atoms with E-state index in [-0.39, 0.29) is 24.7 Å². The number of esters is 1. The van der Waals surface area contributed by atoms with E-state index in [1.165, 1.54) is 19.1 Å². The smallest absolute Gasteiger partial charge is 0.373 e. The first-order valence-corrected chi connectivity index (χ1v) is 10.2. The predicted molar refractivity (Wildman–Crippen MR) is 121 cm³/mol. The fourth-order valence-electron chi connectivity index (χ4n) is 3.09. The van der Waals surface area contributed by atoms with Crippen LogP contribution in [0, 0.1) is 0 Å². The molecular formula is C26H24O6. The van der Waals surface area contributed by atoms with Crippen LogP contribution in [0.25, 0.3) is 11.1 Å². The molecule has 6 nitrogen and oxygen atoms in total. The Morgan fingerprint density at radius 2 is 1.62 bits per heavy atom. The van der Waals surface area contributed by atoms with Crippen LogP contribution in [0.5, 0.6) is 11.5 Å². The van der Waals surface area contributed by atoms with E-state index in [4.69, 9.17) is 9.47 Å². The average molecular weight is 432 g/mol. The van der Waals surface area contributed by atoms with Gasteiger partial charge in [-0.3, -0.25) is 4.79 Å². The molecular weight excluding hydrogens is 408 g/mol. The zero-order valence-corrected chi connectivity index (χ0v) is 17.7. The summed E-state index contributed by atoms with van der Waals surface area (Å²) in [6.45, 7) is 1.89. The van der Waals surface area contributed by atoms with E-state index < -0.39 is 11.7 Å². The maximum atomic E-state index is 13.0. The van der Waals surface area contributed by atoms with Crippen LogP contribution in [0.4, 0.5) is 0 Å². The Labute approximate surface area is 186 Å². The Kier molecular flexibility index (Phi) is 7.65. The molecule has 0 unspecified atom stereocenters. The minimum atomic E-state index is -0.779. The number of ether oxygens (including phenoxy) is 2. The second-order valence-electron chi connectivity index (χ2n) is 6.93. The first kappa shape index (κ1) is 22.6. The van der Waals surface area contributed by atoms with Crippen LogP contribution < -0.4 is 4.74 Å². The maximum Gasteiger partial charge on any atom is 0.373 e. The Balaban J connectivity index is 1.73. The summed E-state index contributed by atoms with van der Waals surface area (Å²) >= 11 is 0. The Bertz CT molecular complexity index is 1120. The zero-order chi connectivity index (χ0) is 22.9. The normalized spacial score (nSPS) is 11.1. The summed E-state index contributed by atoms with van der Waals surface area (Å²) in [7, 11) is 0. The van der Waals surface area contributed by atoms with E-state index >= 15 is 0 Å². The Morgan fingerprint density at radius 3 is 2.38 bits per heavy atom. The number of rotatable bonds is 9. The van der Waals surface area contributed by atoms with Crippen molar-refractivity contribution in [2.45, 2.75) is 13.3 Å². The van der Waals surface area contributed by atoms with Gasteiger partial charge in [0.25, 0.3) is 0 Å². The number of carbonyl (C=O) groups excluding carboxylic acids is 2. The minimum absolute atomic E-state index is 0.0291. The van der Waals surface area contributed by atoms with Crippen molar-refractivity contribution in [3.63, 3.8) is 0 Å². The van der Waals surface area contributed by atoms with E-state index in [0.29, 0.717) is 34.4 Å². The summed E-state index contributed by atoms with van der Waals surface area (Å²) in [5.74, 6) is -0.821. The largest absolute Gasteiger partial charge is 0.507 e. The van der Waals surface area contributed by atoms with Crippen molar-refractivity contribution in [3.05, 3.63) is 95.8 Å². The zero-order valence-electron chi connectivity index (χ0n) is 17.7. The van der Waals surface area contributed by atoms with Gasteiger partial charge in [-0.15, -0.1) is 0 Å². The van der Waals surface area contributed by atoms with Gasteiger partial charge in [-0.05, 0) is 36.8 Å². The summed E-state index contributed by atoms with van der Waals surface area (Å²) in [5.41, 5.74) is 2.11. The fourth-order valence-corrected chi connectivity index (χ4v) is 3.09. The predicted octanol–water partition coefficient (Wildman–Crippen LogP) is 5.06. The Hall–Kier alpha value is -4.06. The van der Waals surface area contributed by atoms with Crippen LogP contribution in [-0.2, 0) is 9.53 Å². The van der Waals surface area contributed by atoms with Crippen molar-refractivity contribution < 1.29 is 29.3 Å². The molecule has 0 heterocycles. The topological polar surface area (TPSA) is 93.1 Å². The van der Waals surface area contributed by atoms with E-state index in [1.807, 2.05) is 6.07 Å². The molecule has 0 saturated heterocycles. The molecule has 32 heavy (non-hydrogen) atoms. The SMILES string of the molecule is CC=C(O)C(=O)OCCCOc1ccc(O)c(-c2ccccc2C(=O)c2ccccc2)c1. The highest BCUT2D eigenvalue weighted by atomic mass is 16.5. The molecule has 2 N–H and O–H groups in total. The van der Waals surface area contributed by atoms with Crippen LogP contribution in [0.15, 0.2) is 84.6 Å². The van der Waals surface area contributed by atoms with Crippen LogP contribution >= 0.6 is 0 Å². The molecule has 0 amide bonds. The molecule has 164 valence electrons. The average Bonchev–Trinajstić information content (AvgIpc) is 2.84. The molecule has 6 heteroatoms. The monoisotopic (exact) mass is 432 g/mol. The maximum absolute atomic E-state index is 13.0. The highest BCUT2D eigenvalue weighted by molar-refractivity contribution is 6.13. The van der Waals surface area contributed by atoms with Gasteiger partial charge in [0.1, 0.15) is 11.5 Å². The molecule has 0 bridgehead atoms. The second-order valence-corrected chi connectivity index (χ2v) is 6.93. The lowest BCUT2D eigenvalue weighted by Gasteiger charge is -2.13. The number of ketones is 1. The molecule has 0 saturated carbocycles. The van der Waals surface area contributed by atoms with Gasteiger partial charge in [-0.25, -0.2) is 4.79 Å². The second kappa shape index (κ2) is 10.8. The minimum Gasteiger partial charge on any atom is -0.507 e. The van der Waals surface area contributed by atoms with Gasteiger partial charge < -0.3 is 19.7 Å². The van der Waals surface area contributed by atoms with Crippen molar-refractivity contribution in [2.75, 3.05) is 13.2 Å². The van der Waals surface area contributed by atoms with Gasteiger partial charge in [0.15, 0.2) is 11.5 Å². The van der Waals surface area contributed by atoms with E-state index in [9.17, 15) is 19.8 Å². The quantitative estimate of drug-likeness (QED) is 0.161. The first-order valence-electron chi connectivity index (χ1n) is 10.2. The first-order chi connectivity index (χ1) is 15.5. The number of hydrogen-bond acceptors (Lipinski definition) is 6. The van der Waals surface area contributed by atoms with Gasteiger partial charge in [-0.1, -0.05) is 54.6 Å². The number of allylic oxidation sites excluding steroid dienone is 1. The summed E-state index contributed by atoms with van der Waals surface area (Å²) < 4.78 is 10.6.